The predicted molar refractivity (Wildman–Crippen MR) is 109 cm³/mol. The van der Waals surface area contributed by atoms with Crippen molar-refractivity contribution in [2.75, 3.05) is 19.6 Å². The molecule has 0 bridgehead atoms. The molecule has 4 N–H and O–H groups in total. The van der Waals surface area contributed by atoms with Gasteiger partial charge in [-0.05, 0) is 61.3 Å². The number of ether oxygens (including phenoxy) is 1. The fourth-order valence-electron chi connectivity index (χ4n) is 3.68. The highest BCUT2D eigenvalue weighted by Crippen LogP contribution is 2.29. The van der Waals surface area contributed by atoms with Gasteiger partial charge in [0.2, 0.25) is 5.91 Å². The van der Waals surface area contributed by atoms with Gasteiger partial charge in [-0.3, -0.25) is 4.79 Å². The molecule has 1 amide bonds. The van der Waals surface area contributed by atoms with E-state index in [1.54, 1.807) is 0 Å². The number of amides is 1. The van der Waals surface area contributed by atoms with Gasteiger partial charge >= 0.3 is 6.36 Å². The second-order valence-corrected chi connectivity index (χ2v) is 7.74. The highest BCUT2D eigenvalue weighted by Gasteiger charge is 2.31. The van der Waals surface area contributed by atoms with Crippen LogP contribution >= 0.6 is 0 Å². The Balaban J connectivity index is 1.68. The van der Waals surface area contributed by atoms with Crippen molar-refractivity contribution in [3.63, 3.8) is 0 Å². The van der Waals surface area contributed by atoms with E-state index >= 15 is 0 Å². The maximum absolute atomic E-state index is 12.6. The van der Waals surface area contributed by atoms with Gasteiger partial charge in [0.15, 0.2) is 11.5 Å². The van der Waals surface area contributed by atoms with Crippen molar-refractivity contribution in [3.05, 3.63) is 53.6 Å². The van der Waals surface area contributed by atoms with Gasteiger partial charge in [-0.2, -0.15) is 0 Å². The first-order valence-electron chi connectivity index (χ1n) is 10.2. The van der Waals surface area contributed by atoms with Crippen molar-refractivity contribution in [2.24, 2.45) is 0 Å². The van der Waals surface area contributed by atoms with Crippen molar-refractivity contribution in [2.45, 2.75) is 37.8 Å². The van der Waals surface area contributed by atoms with Crippen molar-refractivity contribution in [1.29, 1.82) is 0 Å². The first-order chi connectivity index (χ1) is 15.1. The third-order valence-electron chi connectivity index (χ3n) is 5.24. The summed E-state index contributed by atoms with van der Waals surface area (Å²) < 4.78 is 40.7. The van der Waals surface area contributed by atoms with Gasteiger partial charge in [-0.15, -0.1) is 13.2 Å². The van der Waals surface area contributed by atoms with Crippen LogP contribution in [0.3, 0.4) is 0 Å². The number of likely N-dealkylation sites (tertiary alicyclic amines) is 1. The summed E-state index contributed by atoms with van der Waals surface area (Å²) in [5.41, 5.74) is 0.812. The minimum Gasteiger partial charge on any atom is -0.504 e. The van der Waals surface area contributed by atoms with Gasteiger partial charge in [0, 0.05) is 6.54 Å². The molecule has 3 rings (SSSR count). The Morgan fingerprint density at radius 1 is 1.06 bits per heavy atom. The number of carbonyl (C=O) groups excluding carboxylic acids is 1. The molecule has 2 aromatic carbocycles. The number of hydrogen-bond donors (Lipinski definition) is 4. The molecule has 0 spiro atoms. The average molecular weight is 454 g/mol. The second-order valence-electron chi connectivity index (χ2n) is 7.74. The molecular formula is C22H25F3N2O5. The summed E-state index contributed by atoms with van der Waals surface area (Å²) in [6.45, 7) is 2.05. The molecular weight excluding hydrogens is 429 g/mol. The Labute approximate surface area is 183 Å². The molecule has 10 heteroatoms. The van der Waals surface area contributed by atoms with E-state index in [2.05, 4.69) is 15.0 Å². The Morgan fingerprint density at radius 2 is 1.72 bits per heavy atom. The number of halogens is 3. The minimum absolute atomic E-state index is 0.101. The van der Waals surface area contributed by atoms with Gasteiger partial charge in [0.1, 0.15) is 11.9 Å². The summed E-state index contributed by atoms with van der Waals surface area (Å²) in [6.07, 6.45) is -4.00. The van der Waals surface area contributed by atoms with Crippen LogP contribution in [-0.4, -0.2) is 58.2 Å². The van der Waals surface area contributed by atoms with Crippen LogP contribution in [0.5, 0.6) is 17.2 Å². The maximum atomic E-state index is 12.6. The molecule has 0 unspecified atom stereocenters. The number of aromatic hydroxyl groups is 2. The molecule has 1 aliphatic heterocycles. The van der Waals surface area contributed by atoms with Crippen LogP contribution < -0.4 is 10.1 Å². The zero-order valence-electron chi connectivity index (χ0n) is 17.2. The third-order valence-corrected chi connectivity index (χ3v) is 5.24. The predicted octanol–water partition coefficient (Wildman–Crippen LogP) is 2.85. The number of nitrogens with zero attached hydrogens (tertiary/aromatic N) is 1. The quantitative estimate of drug-likeness (QED) is 0.458. The number of nitrogens with one attached hydrogen (secondary N) is 1. The van der Waals surface area contributed by atoms with Crippen LogP contribution in [0.15, 0.2) is 42.5 Å². The van der Waals surface area contributed by atoms with E-state index in [-0.39, 0.29) is 23.7 Å². The number of phenols is 2. The topological polar surface area (TPSA) is 102 Å². The number of aliphatic hydroxyl groups excluding tert-OH is 1. The fourth-order valence-corrected chi connectivity index (χ4v) is 3.68. The van der Waals surface area contributed by atoms with E-state index in [1.807, 2.05) is 0 Å². The molecule has 0 aromatic heterocycles. The number of carbonyl (C=O) groups is 1. The Bertz CT molecular complexity index is 915. The van der Waals surface area contributed by atoms with E-state index in [9.17, 15) is 33.3 Å². The first kappa shape index (κ1) is 23.7. The standard InChI is InChI=1S/C22H25F3N2O5/c23-22(24,25)32-16-6-3-14(4-7-16)11-20(30)26-17(13-27-9-1-2-10-27)21(31)15-5-8-18(28)19(29)12-15/h3-8,12,17,21,28-29,31H,1-2,9-11,13H2,(H,26,30)/t17-,21-/m1/s1. The lowest BCUT2D eigenvalue weighted by Crippen LogP contribution is -2.47. The Morgan fingerprint density at radius 3 is 2.31 bits per heavy atom. The summed E-state index contributed by atoms with van der Waals surface area (Å²) in [4.78, 5) is 14.7. The average Bonchev–Trinajstić information content (AvgIpc) is 3.22. The number of aliphatic hydroxyl groups is 1. The first-order valence-corrected chi connectivity index (χ1v) is 10.2. The van der Waals surface area contributed by atoms with Crippen LogP contribution in [0.4, 0.5) is 13.2 Å². The minimum atomic E-state index is -4.79. The van der Waals surface area contributed by atoms with E-state index in [0.29, 0.717) is 17.7 Å². The molecule has 0 saturated carbocycles. The van der Waals surface area contributed by atoms with Crippen LogP contribution in [-0.2, 0) is 11.2 Å². The summed E-state index contributed by atoms with van der Waals surface area (Å²) in [6, 6.07) is 8.25. The Kier molecular flexibility index (Phi) is 7.47. The number of benzene rings is 2. The van der Waals surface area contributed by atoms with Crippen LogP contribution in [0.1, 0.15) is 30.1 Å². The van der Waals surface area contributed by atoms with E-state index in [4.69, 9.17) is 0 Å². The molecule has 174 valence electrons. The van der Waals surface area contributed by atoms with E-state index < -0.39 is 24.4 Å². The smallest absolute Gasteiger partial charge is 0.504 e. The highest BCUT2D eigenvalue weighted by atomic mass is 19.4. The summed E-state index contributed by atoms with van der Waals surface area (Å²) in [5.74, 6) is -1.50. The number of phenolic OH excluding ortho intramolecular Hbond substituents is 2. The molecule has 0 radical (unpaired) electrons. The monoisotopic (exact) mass is 454 g/mol. The largest absolute Gasteiger partial charge is 0.573 e. The van der Waals surface area contributed by atoms with E-state index in [0.717, 1.165) is 38.1 Å². The molecule has 1 aliphatic rings. The fraction of sp³-hybridized carbons (Fsp3) is 0.409. The summed E-state index contributed by atoms with van der Waals surface area (Å²) in [7, 11) is 0. The molecule has 2 aromatic rings. The molecule has 32 heavy (non-hydrogen) atoms. The third kappa shape index (κ3) is 6.76. The lowest BCUT2D eigenvalue weighted by atomic mass is 10.0. The zero-order chi connectivity index (χ0) is 23.3. The highest BCUT2D eigenvalue weighted by molar-refractivity contribution is 5.79. The lowest BCUT2D eigenvalue weighted by Gasteiger charge is -2.29. The van der Waals surface area contributed by atoms with Crippen LogP contribution in [0, 0.1) is 0 Å². The molecule has 7 nitrogen and oxygen atoms in total. The van der Waals surface area contributed by atoms with Crippen molar-refractivity contribution in [1.82, 2.24) is 10.2 Å². The van der Waals surface area contributed by atoms with Crippen molar-refractivity contribution >= 4 is 5.91 Å². The van der Waals surface area contributed by atoms with Crippen LogP contribution in [0.2, 0.25) is 0 Å². The van der Waals surface area contributed by atoms with Crippen molar-refractivity contribution in [3.8, 4) is 17.2 Å². The summed E-state index contributed by atoms with van der Waals surface area (Å²) in [5, 5.41) is 32.9. The van der Waals surface area contributed by atoms with Crippen molar-refractivity contribution < 1.29 is 38.0 Å². The van der Waals surface area contributed by atoms with Gasteiger partial charge in [-0.1, -0.05) is 18.2 Å². The number of rotatable bonds is 8. The van der Waals surface area contributed by atoms with Gasteiger partial charge in [0.25, 0.3) is 0 Å². The lowest BCUT2D eigenvalue weighted by molar-refractivity contribution is -0.274. The molecule has 1 fully saturated rings. The number of hydrogen-bond acceptors (Lipinski definition) is 6. The zero-order valence-corrected chi connectivity index (χ0v) is 17.2. The van der Waals surface area contributed by atoms with Gasteiger partial charge < -0.3 is 30.3 Å². The molecule has 2 atom stereocenters. The molecule has 1 heterocycles. The SMILES string of the molecule is O=C(Cc1ccc(OC(F)(F)F)cc1)N[C@H](CN1CCCC1)[C@H](O)c1ccc(O)c(O)c1. The van der Waals surface area contributed by atoms with Gasteiger partial charge in [0.05, 0.1) is 12.5 Å². The van der Waals surface area contributed by atoms with Gasteiger partial charge in [-0.25, -0.2) is 0 Å². The van der Waals surface area contributed by atoms with E-state index in [1.165, 1.54) is 30.3 Å². The van der Waals surface area contributed by atoms with Crippen LogP contribution in [0.25, 0.3) is 0 Å². The normalized spacial score (nSPS) is 16.5. The maximum Gasteiger partial charge on any atom is 0.573 e. The molecule has 0 aliphatic carbocycles. The Hall–Kier alpha value is -2.98. The summed E-state index contributed by atoms with van der Waals surface area (Å²) >= 11 is 0. The number of alkyl halides is 3. The molecule has 1 saturated heterocycles. The second kappa shape index (κ2) is 10.1.